The lowest BCUT2D eigenvalue weighted by molar-refractivity contribution is 0.506. The number of fused-ring (bicyclic) bond motifs is 1. The Hall–Kier alpha value is -2.90. The van der Waals surface area contributed by atoms with Gasteiger partial charge in [-0.1, -0.05) is 17.3 Å². The van der Waals surface area contributed by atoms with Crippen LogP contribution in [0.1, 0.15) is 23.6 Å². The highest BCUT2D eigenvalue weighted by Crippen LogP contribution is 2.41. The van der Waals surface area contributed by atoms with Crippen LogP contribution in [0.5, 0.6) is 0 Å². The molecular formula is C21H18ClF2N5. The molecule has 5 nitrogen and oxygen atoms in total. The molecule has 0 unspecified atom stereocenters. The molecule has 2 aromatic carbocycles. The molecule has 8 heteroatoms. The number of aromatic nitrogens is 4. The lowest BCUT2D eigenvalue weighted by Gasteiger charge is -2.03. The molecule has 29 heavy (non-hydrogen) atoms. The van der Waals surface area contributed by atoms with Gasteiger partial charge in [0.05, 0.1) is 23.1 Å². The summed E-state index contributed by atoms with van der Waals surface area (Å²) in [5, 5.41) is 12.9. The molecule has 1 aliphatic carbocycles. The number of benzene rings is 2. The Morgan fingerprint density at radius 3 is 2.83 bits per heavy atom. The van der Waals surface area contributed by atoms with Gasteiger partial charge in [0.1, 0.15) is 0 Å². The van der Waals surface area contributed by atoms with Gasteiger partial charge < -0.3 is 5.32 Å². The van der Waals surface area contributed by atoms with Gasteiger partial charge in [0, 0.05) is 30.1 Å². The molecule has 1 N–H and O–H groups in total. The first-order chi connectivity index (χ1) is 13.7. The van der Waals surface area contributed by atoms with Crippen LogP contribution in [-0.2, 0) is 6.54 Å². The highest BCUT2D eigenvalue weighted by Gasteiger charge is 2.38. The van der Waals surface area contributed by atoms with Crippen molar-refractivity contribution < 1.29 is 8.78 Å². The summed E-state index contributed by atoms with van der Waals surface area (Å²) in [5.41, 5.74) is 3.50. The molecule has 2 atom stereocenters. The fourth-order valence-electron chi connectivity index (χ4n) is 3.48. The Kier molecular flexibility index (Phi) is 5.25. The molecule has 2 aromatic heterocycles. The second-order valence-electron chi connectivity index (χ2n) is 7.04. The maximum atomic E-state index is 13.4. The number of rotatable bonds is 5. The number of hydrogen-bond acceptors (Lipinski definition) is 4. The van der Waals surface area contributed by atoms with Crippen molar-refractivity contribution in [2.45, 2.75) is 24.9 Å². The summed E-state index contributed by atoms with van der Waals surface area (Å²) in [6.45, 7) is 0.569. The van der Waals surface area contributed by atoms with Crippen molar-refractivity contribution in [1.29, 1.82) is 0 Å². The molecule has 1 fully saturated rings. The van der Waals surface area contributed by atoms with Gasteiger partial charge >= 0.3 is 0 Å². The van der Waals surface area contributed by atoms with E-state index in [4.69, 9.17) is 0 Å². The quantitative estimate of drug-likeness (QED) is 0.533. The largest absolute Gasteiger partial charge is 0.308 e. The Balaban J connectivity index is 0.00000205. The number of pyridine rings is 1. The Morgan fingerprint density at radius 2 is 1.97 bits per heavy atom. The number of halogens is 3. The number of hydrogen-bond donors (Lipinski definition) is 1. The molecule has 0 bridgehead atoms. The van der Waals surface area contributed by atoms with Gasteiger partial charge in [-0.05, 0) is 48.4 Å². The van der Waals surface area contributed by atoms with E-state index in [1.807, 2.05) is 36.5 Å². The molecule has 0 saturated heterocycles. The Morgan fingerprint density at radius 1 is 1.07 bits per heavy atom. The highest BCUT2D eigenvalue weighted by molar-refractivity contribution is 5.85. The van der Waals surface area contributed by atoms with E-state index in [2.05, 4.69) is 20.6 Å². The SMILES string of the molecule is Cl.Fc1ccc([C@@H]2C[C@H]2NCc2cn(-c3ccc4ncccc4c3)nn2)cc1F. The third-order valence-electron chi connectivity index (χ3n) is 5.10. The van der Waals surface area contributed by atoms with Crippen LogP contribution in [0, 0.1) is 11.6 Å². The van der Waals surface area contributed by atoms with Crippen molar-refractivity contribution in [2.24, 2.45) is 0 Å². The van der Waals surface area contributed by atoms with Crippen LogP contribution in [0.4, 0.5) is 8.78 Å². The van der Waals surface area contributed by atoms with Crippen molar-refractivity contribution in [3.63, 3.8) is 0 Å². The van der Waals surface area contributed by atoms with Crippen LogP contribution in [-0.4, -0.2) is 26.0 Å². The standard InChI is InChI=1S/C21H17F2N5.ClH/c22-18-5-3-13(9-19(18)23)17-10-21(17)25-11-15-12-28(27-26-15)16-4-6-20-14(8-16)2-1-7-24-20;/h1-9,12,17,21,25H,10-11H2;1H/t17-,21+;/m0./s1. The maximum absolute atomic E-state index is 13.4. The summed E-state index contributed by atoms with van der Waals surface area (Å²) in [7, 11) is 0. The highest BCUT2D eigenvalue weighted by atomic mass is 35.5. The van der Waals surface area contributed by atoms with Gasteiger partial charge in [0.25, 0.3) is 0 Å². The fraction of sp³-hybridized carbons (Fsp3) is 0.190. The van der Waals surface area contributed by atoms with E-state index in [9.17, 15) is 8.78 Å². The van der Waals surface area contributed by atoms with Gasteiger partial charge in [0.2, 0.25) is 0 Å². The Labute approximate surface area is 172 Å². The van der Waals surface area contributed by atoms with E-state index in [-0.39, 0.29) is 24.4 Å². The summed E-state index contributed by atoms with van der Waals surface area (Å²) in [5.74, 6) is -1.40. The third kappa shape index (κ3) is 3.97. The normalized spacial score (nSPS) is 17.9. The number of nitrogens with zero attached hydrogens (tertiary/aromatic N) is 4. The van der Waals surface area contributed by atoms with Gasteiger partial charge in [-0.15, -0.1) is 17.5 Å². The van der Waals surface area contributed by atoms with Crippen LogP contribution in [0.2, 0.25) is 0 Å². The van der Waals surface area contributed by atoms with Crippen molar-refractivity contribution in [2.75, 3.05) is 0 Å². The van der Waals surface area contributed by atoms with E-state index in [1.165, 1.54) is 12.1 Å². The first-order valence-corrected chi connectivity index (χ1v) is 9.12. The van der Waals surface area contributed by atoms with Gasteiger partial charge in [-0.25, -0.2) is 13.5 Å². The van der Waals surface area contributed by atoms with Crippen LogP contribution >= 0.6 is 12.4 Å². The molecule has 148 valence electrons. The second-order valence-corrected chi connectivity index (χ2v) is 7.04. The molecule has 0 amide bonds. The maximum Gasteiger partial charge on any atom is 0.159 e. The zero-order chi connectivity index (χ0) is 19.1. The number of nitrogens with one attached hydrogen (secondary N) is 1. The van der Waals surface area contributed by atoms with E-state index >= 15 is 0 Å². The summed E-state index contributed by atoms with van der Waals surface area (Å²) < 4.78 is 28.2. The lowest BCUT2D eigenvalue weighted by atomic mass is 10.1. The van der Waals surface area contributed by atoms with Crippen LogP contribution in [0.15, 0.2) is 60.9 Å². The van der Waals surface area contributed by atoms with Gasteiger partial charge in [-0.3, -0.25) is 4.98 Å². The van der Waals surface area contributed by atoms with E-state index in [0.717, 1.165) is 34.3 Å². The van der Waals surface area contributed by atoms with Crippen molar-refractivity contribution in [1.82, 2.24) is 25.3 Å². The second kappa shape index (κ2) is 7.85. The lowest BCUT2D eigenvalue weighted by Crippen LogP contribution is -2.17. The van der Waals surface area contributed by atoms with E-state index < -0.39 is 11.6 Å². The van der Waals surface area contributed by atoms with Crippen LogP contribution < -0.4 is 5.32 Å². The molecule has 0 aliphatic heterocycles. The van der Waals surface area contributed by atoms with Gasteiger partial charge in [0.15, 0.2) is 11.6 Å². The first kappa shape index (κ1) is 19.4. The smallest absolute Gasteiger partial charge is 0.159 e. The molecule has 0 radical (unpaired) electrons. The van der Waals surface area contributed by atoms with Crippen LogP contribution in [0.3, 0.4) is 0 Å². The molecule has 0 spiro atoms. The minimum Gasteiger partial charge on any atom is -0.308 e. The minimum atomic E-state index is -0.810. The molecule has 1 aliphatic rings. The average molecular weight is 414 g/mol. The minimum absolute atomic E-state index is 0. The summed E-state index contributed by atoms with van der Waals surface area (Å²) >= 11 is 0. The zero-order valence-corrected chi connectivity index (χ0v) is 16.1. The Bertz CT molecular complexity index is 1160. The summed E-state index contributed by atoms with van der Waals surface area (Å²) in [6, 6.07) is 14.2. The van der Waals surface area contributed by atoms with Crippen LogP contribution in [0.25, 0.3) is 16.6 Å². The zero-order valence-electron chi connectivity index (χ0n) is 15.3. The topological polar surface area (TPSA) is 55.6 Å². The van der Waals surface area contributed by atoms with E-state index in [1.54, 1.807) is 16.9 Å². The molecular weight excluding hydrogens is 396 g/mol. The van der Waals surface area contributed by atoms with Crippen molar-refractivity contribution in [3.8, 4) is 5.69 Å². The monoisotopic (exact) mass is 413 g/mol. The summed E-state index contributed by atoms with van der Waals surface area (Å²) in [6.07, 6.45) is 4.56. The fourth-order valence-corrected chi connectivity index (χ4v) is 3.48. The third-order valence-corrected chi connectivity index (χ3v) is 5.10. The van der Waals surface area contributed by atoms with E-state index in [0.29, 0.717) is 6.54 Å². The average Bonchev–Trinajstić information content (AvgIpc) is 3.34. The predicted molar refractivity (Wildman–Crippen MR) is 108 cm³/mol. The van der Waals surface area contributed by atoms with Crippen molar-refractivity contribution >= 4 is 23.3 Å². The predicted octanol–water partition coefficient (Wildman–Crippen LogP) is 4.16. The molecule has 4 aromatic rings. The van der Waals surface area contributed by atoms with Gasteiger partial charge in [-0.2, -0.15) is 0 Å². The molecule has 5 rings (SSSR count). The summed E-state index contributed by atoms with van der Waals surface area (Å²) in [4.78, 5) is 4.32. The molecule has 1 saturated carbocycles. The molecule has 2 heterocycles. The first-order valence-electron chi connectivity index (χ1n) is 9.12. The van der Waals surface area contributed by atoms with Crippen molar-refractivity contribution in [3.05, 3.63) is 83.8 Å².